The van der Waals surface area contributed by atoms with Gasteiger partial charge in [0.2, 0.25) is 23.6 Å². The van der Waals surface area contributed by atoms with E-state index < -0.39 is 40.5 Å². The van der Waals surface area contributed by atoms with Crippen molar-refractivity contribution in [3.8, 4) is 11.8 Å². The molecule has 310 valence electrons. The van der Waals surface area contributed by atoms with Gasteiger partial charge in [-0.25, -0.2) is 0 Å². The fraction of sp³-hybridized carbons (Fsp3) is 0.587. The molecule has 4 saturated carbocycles. The fourth-order valence-corrected chi connectivity index (χ4v) is 12.3. The minimum absolute atomic E-state index is 0.0810. The lowest BCUT2D eigenvalue weighted by Gasteiger charge is -2.64. The van der Waals surface area contributed by atoms with Crippen molar-refractivity contribution in [1.82, 2.24) is 25.3 Å². The van der Waals surface area contributed by atoms with Crippen LogP contribution in [0.5, 0.6) is 5.75 Å². The first-order valence-corrected chi connectivity index (χ1v) is 21.4. The Hall–Kier alpha value is -5.09. The molecular weight excluding hydrogens is 749 g/mol. The molecule has 2 aromatic carbocycles. The Balaban J connectivity index is 0.775. The normalized spacial score (nSPS) is 30.9. The highest BCUT2D eigenvalue weighted by atomic mass is 16.5. The standard InChI is InChI=1S/C46H54N6O7/c1-26-20-31(7-6-27(26)23-47)59-40-43(2,3)39(44(40,4)5)49-41(57)45-12-15-46(16-13-45,17-14-45)42(58)50-18-10-30(11-19-50)51-24-28-21-32-33(22-29(28)25-51)38(56)52(37(32)55)34-8-9-35(53)48-36(34)54/h6-7,20-22,30,34,39-40H,8-19,24-25H2,1-5H3,(H,49,57)(H,48,53,54)/t34?,39-,40-,45?,46?. The van der Waals surface area contributed by atoms with Crippen molar-refractivity contribution in [2.75, 3.05) is 13.1 Å². The second-order valence-electron chi connectivity index (χ2n) is 19.7. The summed E-state index contributed by atoms with van der Waals surface area (Å²) in [5, 5.41) is 15.1. The third kappa shape index (κ3) is 6.10. The molecule has 4 aliphatic carbocycles. The van der Waals surface area contributed by atoms with E-state index in [2.05, 4.69) is 54.2 Å². The minimum atomic E-state index is -0.984. The van der Waals surface area contributed by atoms with Gasteiger partial charge in [0, 0.05) is 66.3 Å². The van der Waals surface area contributed by atoms with Gasteiger partial charge in [-0.2, -0.15) is 5.26 Å². The first-order chi connectivity index (χ1) is 28.0. The molecule has 0 aromatic heterocycles. The number of aryl methyl sites for hydroxylation is 1. The van der Waals surface area contributed by atoms with Gasteiger partial charge in [0.15, 0.2) is 0 Å². The average Bonchev–Trinajstić information content (AvgIpc) is 3.75. The summed E-state index contributed by atoms with van der Waals surface area (Å²) >= 11 is 0. The number of rotatable bonds is 7. The Labute approximate surface area is 345 Å². The van der Waals surface area contributed by atoms with Crippen LogP contribution in [0, 0.1) is 39.9 Å². The van der Waals surface area contributed by atoms with Gasteiger partial charge in [-0.3, -0.25) is 43.9 Å². The van der Waals surface area contributed by atoms with Gasteiger partial charge in [0.25, 0.3) is 11.8 Å². The molecule has 0 radical (unpaired) electrons. The van der Waals surface area contributed by atoms with Crippen molar-refractivity contribution in [1.29, 1.82) is 5.26 Å². The van der Waals surface area contributed by atoms with E-state index >= 15 is 0 Å². The van der Waals surface area contributed by atoms with Crippen LogP contribution >= 0.6 is 0 Å². The third-order valence-corrected chi connectivity index (χ3v) is 15.6. The zero-order valence-corrected chi connectivity index (χ0v) is 34.7. The molecular formula is C46H54N6O7. The number of hydrogen-bond donors (Lipinski definition) is 2. The average molecular weight is 803 g/mol. The van der Waals surface area contributed by atoms with Crippen LogP contribution in [0.1, 0.15) is 135 Å². The van der Waals surface area contributed by atoms with Crippen LogP contribution in [0.3, 0.4) is 0 Å². The number of piperidine rings is 2. The molecule has 2 bridgehead atoms. The van der Waals surface area contributed by atoms with Crippen LogP contribution in [0.4, 0.5) is 0 Å². The Morgan fingerprint density at radius 3 is 1.95 bits per heavy atom. The van der Waals surface area contributed by atoms with Crippen LogP contribution in [-0.4, -0.2) is 87.5 Å². The molecule has 6 fully saturated rings. The second kappa shape index (κ2) is 13.7. The second-order valence-corrected chi connectivity index (χ2v) is 19.7. The number of nitrogens with zero attached hydrogens (tertiary/aromatic N) is 4. The summed E-state index contributed by atoms with van der Waals surface area (Å²) in [6.07, 6.45) is 6.08. The quantitative estimate of drug-likeness (QED) is 0.370. The molecule has 2 N–H and O–H groups in total. The van der Waals surface area contributed by atoms with Crippen LogP contribution < -0.4 is 15.4 Å². The largest absolute Gasteiger partial charge is 0.489 e. The number of imide groups is 2. The van der Waals surface area contributed by atoms with Crippen molar-refractivity contribution in [2.24, 2.45) is 21.7 Å². The fourth-order valence-electron chi connectivity index (χ4n) is 12.3. The number of fused-ring (bicyclic) bond motifs is 5. The summed E-state index contributed by atoms with van der Waals surface area (Å²) in [6, 6.07) is 10.6. The van der Waals surface area contributed by atoms with Crippen molar-refractivity contribution >= 4 is 35.4 Å². The molecule has 59 heavy (non-hydrogen) atoms. The minimum Gasteiger partial charge on any atom is -0.489 e. The smallest absolute Gasteiger partial charge is 0.262 e. The Morgan fingerprint density at radius 1 is 0.831 bits per heavy atom. The molecule has 2 saturated heterocycles. The van der Waals surface area contributed by atoms with Crippen LogP contribution in [-0.2, 0) is 32.3 Å². The van der Waals surface area contributed by atoms with E-state index in [-0.39, 0.29) is 53.7 Å². The SMILES string of the molecule is Cc1cc(O[C@H]2C(C)(C)[C@H](NC(=O)C34CCC(C(=O)N5CCC(N6Cc7cc8c(cc7C6)C(=O)N(C6CCC(=O)NC6=O)C8=O)CC5)(CC3)CC4)C2(C)C)ccc1C#N. The van der Waals surface area contributed by atoms with Gasteiger partial charge in [-0.05, 0) is 112 Å². The maximum absolute atomic E-state index is 14.3. The summed E-state index contributed by atoms with van der Waals surface area (Å²) in [5.74, 6) is -0.917. The molecule has 13 heteroatoms. The van der Waals surface area contributed by atoms with Crippen molar-refractivity contribution < 1.29 is 33.5 Å². The Morgan fingerprint density at radius 2 is 1.41 bits per heavy atom. The monoisotopic (exact) mass is 802 g/mol. The van der Waals surface area contributed by atoms with E-state index in [0.717, 1.165) is 59.4 Å². The number of likely N-dealkylation sites (tertiary alicyclic amines) is 1. The number of hydrogen-bond acceptors (Lipinski definition) is 9. The van der Waals surface area contributed by atoms with Crippen molar-refractivity contribution in [2.45, 2.75) is 136 Å². The molecule has 8 aliphatic rings. The summed E-state index contributed by atoms with van der Waals surface area (Å²) in [4.78, 5) is 84.9. The molecule has 2 aromatic rings. The van der Waals surface area contributed by atoms with Crippen LogP contribution in [0.2, 0.25) is 0 Å². The Bertz CT molecular complexity index is 2160. The third-order valence-electron chi connectivity index (χ3n) is 15.6. The van der Waals surface area contributed by atoms with Gasteiger partial charge < -0.3 is 15.0 Å². The molecule has 0 spiro atoms. The van der Waals surface area contributed by atoms with Gasteiger partial charge in [0.05, 0.1) is 22.8 Å². The zero-order chi connectivity index (χ0) is 41.8. The van der Waals surface area contributed by atoms with E-state index in [1.807, 2.05) is 19.1 Å². The number of benzene rings is 2. The van der Waals surface area contributed by atoms with E-state index in [1.54, 1.807) is 18.2 Å². The molecule has 13 nitrogen and oxygen atoms in total. The van der Waals surface area contributed by atoms with Crippen molar-refractivity contribution in [3.63, 3.8) is 0 Å². The van der Waals surface area contributed by atoms with E-state index in [1.165, 1.54) is 0 Å². The highest BCUT2D eigenvalue weighted by Gasteiger charge is 2.65. The van der Waals surface area contributed by atoms with E-state index in [0.29, 0.717) is 62.1 Å². The summed E-state index contributed by atoms with van der Waals surface area (Å²) < 4.78 is 6.53. The van der Waals surface area contributed by atoms with Gasteiger partial charge in [0.1, 0.15) is 17.9 Å². The number of nitriles is 1. The lowest BCUT2D eigenvalue weighted by molar-refractivity contribution is -0.181. The number of ether oxygens (including phenoxy) is 1. The molecule has 6 amide bonds. The van der Waals surface area contributed by atoms with E-state index in [9.17, 15) is 34.0 Å². The molecule has 4 aliphatic heterocycles. The molecule has 1 unspecified atom stereocenters. The molecule has 1 atom stereocenters. The summed E-state index contributed by atoms with van der Waals surface area (Å²) in [7, 11) is 0. The topological polar surface area (TPSA) is 169 Å². The first-order valence-electron chi connectivity index (χ1n) is 21.4. The lowest BCUT2D eigenvalue weighted by atomic mass is 9.48. The zero-order valence-electron chi connectivity index (χ0n) is 34.7. The highest BCUT2D eigenvalue weighted by Crippen LogP contribution is 2.60. The predicted octanol–water partition coefficient (Wildman–Crippen LogP) is 4.91. The summed E-state index contributed by atoms with van der Waals surface area (Å²) in [5.41, 5.74) is 2.63. The highest BCUT2D eigenvalue weighted by molar-refractivity contribution is 6.23. The van der Waals surface area contributed by atoms with Gasteiger partial charge in [-0.15, -0.1) is 0 Å². The first kappa shape index (κ1) is 39.4. The van der Waals surface area contributed by atoms with E-state index in [4.69, 9.17) is 4.74 Å². The van der Waals surface area contributed by atoms with Crippen LogP contribution in [0.25, 0.3) is 0 Å². The number of nitrogens with one attached hydrogen (secondary N) is 2. The summed E-state index contributed by atoms with van der Waals surface area (Å²) in [6.45, 7) is 13.1. The maximum Gasteiger partial charge on any atom is 0.262 e. The maximum atomic E-state index is 14.3. The Kier molecular flexibility index (Phi) is 9.16. The molecule has 10 rings (SSSR count). The van der Waals surface area contributed by atoms with Crippen molar-refractivity contribution in [3.05, 3.63) is 63.7 Å². The lowest BCUT2D eigenvalue weighted by Crippen LogP contribution is -2.75. The van der Waals surface area contributed by atoms with Crippen LogP contribution in [0.15, 0.2) is 30.3 Å². The predicted molar refractivity (Wildman–Crippen MR) is 214 cm³/mol. The number of carbonyl (C=O) groups excluding carboxylic acids is 6. The van der Waals surface area contributed by atoms with Gasteiger partial charge in [-0.1, -0.05) is 27.7 Å². The molecule has 4 heterocycles. The van der Waals surface area contributed by atoms with Gasteiger partial charge >= 0.3 is 0 Å². The number of carbonyl (C=O) groups is 6. The number of amides is 6.